The monoisotopic (exact) mass is 402 g/mol. The molecule has 0 radical (unpaired) electrons. The first-order valence-corrected chi connectivity index (χ1v) is 9.45. The summed E-state index contributed by atoms with van der Waals surface area (Å²) >= 11 is 0. The standard InChI is InChI=1S/C24H22N2O4/c1-16-6-3-4-9-22(16)24(29)25-15-18-10-12-20(13-11-18)26-23(28)19-7-5-8-21(14-19)30-17(2)27/h3-14H,15H2,1-2H3,(H,25,29)(H,26,28). The summed E-state index contributed by atoms with van der Waals surface area (Å²) in [5.74, 6) is -0.574. The quantitative estimate of drug-likeness (QED) is 0.480. The Bertz CT molecular complexity index is 1070. The van der Waals surface area contributed by atoms with E-state index in [2.05, 4.69) is 10.6 Å². The molecule has 0 fully saturated rings. The summed E-state index contributed by atoms with van der Waals surface area (Å²) < 4.78 is 5.00. The number of aryl methyl sites for hydroxylation is 1. The second kappa shape index (κ2) is 9.52. The molecule has 0 atom stereocenters. The second-order valence-electron chi connectivity index (χ2n) is 6.77. The topological polar surface area (TPSA) is 84.5 Å². The van der Waals surface area contributed by atoms with Crippen LogP contribution in [0.3, 0.4) is 0 Å². The minimum absolute atomic E-state index is 0.127. The van der Waals surface area contributed by atoms with Crippen LogP contribution < -0.4 is 15.4 Å². The summed E-state index contributed by atoms with van der Waals surface area (Å²) in [4.78, 5) is 35.8. The summed E-state index contributed by atoms with van der Waals surface area (Å²) in [5, 5.41) is 5.69. The molecule has 2 N–H and O–H groups in total. The van der Waals surface area contributed by atoms with Gasteiger partial charge in [0.15, 0.2) is 0 Å². The summed E-state index contributed by atoms with van der Waals surface area (Å²) in [6.45, 7) is 3.58. The molecule has 0 saturated carbocycles. The van der Waals surface area contributed by atoms with Crippen LogP contribution in [0, 0.1) is 6.92 Å². The Morgan fingerprint density at radius 2 is 1.60 bits per heavy atom. The predicted octanol–water partition coefficient (Wildman–Crippen LogP) is 4.10. The molecule has 30 heavy (non-hydrogen) atoms. The Balaban J connectivity index is 1.58. The van der Waals surface area contributed by atoms with Crippen LogP contribution in [0.1, 0.15) is 38.8 Å². The summed E-state index contributed by atoms with van der Waals surface area (Å²) in [5.41, 5.74) is 3.48. The Labute approximate surface area is 174 Å². The molecule has 0 aromatic heterocycles. The number of carbonyl (C=O) groups excluding carboxylic acids is 3. The lowest BCUT2D eigenvalue weighted by Gasteiger charge is -2.09. The molecule has 0 aliphatic carbocycles. The highest BCUT2D eigenvalue weighted by molar-refractivity contribution is 6.04. The van der Waals surface area contributed by atoms with Gasteiger partial charge in [-0.3, -0.25) is 14.4 Å². The molecule has 0 heterocycles. The number of benzene rings is 3. The van der Waals surface area contributed by atoms with Crippen LogP contribution in [0.15, 0.2) is 72.8 Å². The SMILES string of the molecule is CC(=O)Oc1cccc(C(=O)Nc2ccc(CNC(=O)c3ccccc3C)cc2)c1. The van der Waals surface area contributed by atoms with Gasteiger partial charge in [-0.05, 0) is 54.4 Å². The normalized spacial score (nSPS) is 10.2. The zero-order chi connectivity index (χ0) is 21.5. The van der Waals surface area contributed by atoms with Gasteiger partial charge in [-0.25, -0.2) is 0 Å². The van der Waals surface area contributed by atoms with E-state index in [1.54, 1.807) is 36.4 Å². The van der Waals surface area contributed by atoms with E-state index in [1.165, 1.54) is 13.0 Å². The maximum atomic E-state index is 12.4. The lowest BCUT2D eigenvalue weighted by molar-refractivity contribution is -0.131. The number of ether oxygens (including phenoxy) is 1. The van der Waals surface area contributed by atoms with Crippen molar-refractivity contribution in [1.82, 2.24) is 5.32 Å². The van der Waals surface area contributed by atoms with E-state index in [0.717, 1.165) is 11.1 Å². The highest BCUT2D eigenvalue weighted by Gasteiger charge is 2.10. The van der Waals surface area contributed by atoms with Gasteiger partial charge in [-0.1, -0.05) is 36.4 Å². The maximum Gasteiger partial charge on any atom is 0.308 e. The molecule has 6 heteroatoms. The van der Waals surface area contributed by atoms with Crippen LogP contribution in [0.5, 0.6) is 5.75 Å². The van der Waals surface area contributed by atoms with Crippen LogP contribution in [-0.2, 0) is 11.3 Å². The van der Waals surface area contributed by atoms with E-state index in [0.29, 0.717) is 29.1 Å². The van der Waals surface area contributed by atoms with Crippen LogP contribution >= 0.6 is 0 Å². The van der Waals surface area contributed by atoms with Gasteiger partial charge in [-0.15, -0.1) is 0 Å². The van der Waals surface area contributed by atoms with Crippen molar-refractivity contribution in [3.63, 3.8) is 0 Å². The van der Waals surface area contributed by atoms with Crippen LogP contribution in [0.2, 0.25) is 0 Å². The second-order valence-corrected chi connectivity index (χ2v) is 6.77. The van der Waals surface area contributed by atoms with Crippen molar-refractivity contribution in [2.24, 2.45) is 0 Å². The number of carbonyl (C=O) groups is 3. The first-order chi connectivity index (χ1) is 14.4. The van der Waals surface area contributed by atoms with Crippen LogP contribution in [0.4, 0.5) is 5.69 Å². The minimum atomic E-state index is -0.447. The van der Waals surface area contributed by atoms with Crippen molar-refractivity contribution in [3.8, 4) is 5.75 Å². The third-order valence-electron chi connectivity index (χ3n) is 4.41. The highest BCUT2D eigenvalue weighted by atomic mass is 16.5. The first kappa shape index (κ1) is 20.8. The van der Waals surface area contributed by atoms with Crippen molar-refractivity contribution in [2.45, 2.75) is 20.4 Å². The average Bonchev–Trinajstić information content (AvgIpc) is 2.73. The fourth-order valence-electron chi connectivity index (χ4n) is 2.88. The molecule has 0 aliphatic rings. The molecule has 0 saturated heterocycles. The number of nitrogens with one attached hydrogen (secondary N) is 2. The first-order valence-electron chi connectivity index (χ1n) is 9.45. The molecule has 6 nitrogen and oxygen atoms in total. The molecule has 0 unspecified atom stereocenters. The maximum absolute atomic E-state index is 12.4. The number of amides is 2. The highest BCUT2D eigenvalue weighted by Crippen LogP contribution is 2.16. The van der Waals surface area contributed by atoms with Crippen LogP contribution in [0.25, 0.3) is 0 Å². The fraction of sp³-hybridized carbons (Fsp3) is 0.125. The van der Waals surface area contributed by atoms with Gasteiger partial charge in [-0.2, -0.15) is 0 Å². The number of rotatable bonds is 6. The van der Waals surface area contributed by atoms with Crippen molar-refractivity contribution in [1.29, 1.82) is 0 Å². The predicted molar refractivity (Wildman–Crippen MR) is 114 cm³/mol. The Hall–Kier alpha value is -3.93. The van der Waals surface area contributed by atoms with Gasteiger partial charge in [0.1, 0.15) is 5.75 Å². The van der Waals surface area contributed by atoms with Gasteiger partial charge in [0.05, 0.1) is 0 Å². The molecule has 2 amide bonds. The van der Waals surface area contributed by atoms with Crippen molar-refractivity contribution in [3.05, 3.63) is 95.1 Å². The Morgan fingerprint density at radius 1 is 0.867 bits per heavy atom. The molecule has 3 aromatic rings. The smallest absolute Gasteiger partial charge is 0.308 e. The third kappa shape index (κ3) is 5.54. The Morgan fingerprint density at radius 3 is 2.30 bits per heavy atom. The molecule has 0 spiro atoms. The van der Waals surface area contributed by atoms with Gasteiger partial charge < -0.3 is 15.4 Å². The number of anilines is 1. The molecule has 3 aromatic carbocycles. The van der Waals surface area contributed by atoms with Crippen LogP contribution in [-0.4, -0.2) is 17.8 Å². The third-order valence-corrected chi connectivity index (χ3v) is 4.41. The van der Waals surface area contributed by atoms with E-state index < -0.39 is 5.97 Å². The molecule has 0 bridgehead atoms. The minimum Gasteiger partial charge on any atom is -0.427 e. The van der Waals surface area contributed by atoms with E-state index >= 15 is 0 Å². The van der Waals surface area contributed by atoms with E-state index in [4.69, 9.17) is 4.74 Å². The summed E-state index contributed by atoms with van der Waals surface area (Å²) in [6, 6.07) is 21.0. The molecular formula is C24H22N2O4. The zero-order valence-corrected chi connectivity index (χ0v) is 16.8. The Kier molecular flexibility index (Phi) is 6.60. The van der Waals surface area contributed by atoms with Gasteiger partial charge >= 0.3 is 5.97 Å². The fourth-order valence-corrected chi connectivity index (χ4v) is 2.88. The molecule has 0 aliphatic heterocycles. The van der Waals surface area contributed by atoms with Crippen molar-refractivity contribution < 1.29 is 19.1 Å². The van der Waals surface area contributed by atoms with Gasteiger partial charge in [0.25, 0.3) is 11.8 Å². The van der Waals surface area contributed by atoms with Gasteiger partial charge in [0, 0.05) is 30.3 Å². The zero-order valence-electron chi connectivity index (χ0n) is 16.8. The lowest BCUT2D eigenvalue weighted by atomic mass is 10.1. The van der Waals surface area contributed by atoms with Gasteiger partial charge in [0.2, 0.25) is 0 Å². The molecule has 3 rings (SSSR count). The van der Waals surface area contributed by atoms with E-state index in [-0.39, 0.29) is 11.8 Å². The van der Waals surface area contributed by atoms with Crippen molar-refractivity contribution >= 4 is 23.5 Å². The summed E-state index contributed by atoms with van der Waals surface area (Å²) in [7, 11) is 0. The average molecular weight is 402 g/mol. The number of hydrogen-bond acceptors (Lipinski definition) is 4. The van der Waals surface area contributed by atoms with E-state index in [1.807, 2.05) is 37.3 Å². The lowest BCUT2D eigenvalue weighted by Crippen LogP contribution is -2.23. The van der Waals surface area contributed by atoms with Crippen molar-refractivity contribution in [2.75, 3.05) is 5.32 Å². The largest absolute Gasteiger partial charge is 0.427 e. The molecule has 152 valence electrons. The number of hydrogen-bond donors (Lipinski definition) is 2. The molecular weight excluding hydrogens is 380 g/mol. The number of esters is 1. The van der Waals surface area contributed by atoms with E-state index in [9.17, 15) is 14.4 Å². The summed E-state index contributed by atoms with van der Waals surface area (Å²) in [6.07, 6.45) is 0.